The average molecular weight is 206 g/mol. The first-order valence-corrected chi connectivity index (χ1v) is 5.63. The molecule has 1 aromatic carbocycles. The summed E-state index contributed by atoms with van der Waals surface area (Å²) in [6.07, 6.45) is 1.03. The fourth-order valence-electron chi connectivity index (χ4n) is 2.02. The number of benzene rings is 1. The maximum Gasteiger partial charge on any atom is 0.0338 e. The summed E-state index contributed by atoms with van der Waals surface area (Å²) < 4.78 is 0. The molecule has 4 N–H and O–H groups in total. The van der Waals surface area contributed by atoms with Crippen molar-refractivity contribution in [2.45, 2.75) is 33.2 Å². The highest BCUT2D eigenvalue weighted by atomic mass is 14.7. The van der Waals surface area contributed by atoms with Crippen molar-refractivity contribution < 1.29 is 0 Å². The molecule has 0 spiro atoms. The van der Waals surface area contributed by atoms with E-state index in [1.54, 1.807) is 0 Å². The maximum absolute atomic E-state index is 6.23. The van der Waals surface area contributed by atoms with Crippen molar-refractivity contribution in [2.24, 2.45) is 17.4 Å². The molecule has 0 heterocycles. The van der Waals surface area contributed by atoms with Crippen molar-refractivity contribution in [1.82, 2.24) is 0 Å². The van der Waals surface area contributed by atoms with E-state index in [1.165, 1.54) is 16.7 Å². The Morgan fingerprint density at radius 2 is 1.93 bits per heavy atom. The van der Waals surface area contributed by atoms with Crippen molar-refractivity contribution >= 4 is 0 Å². The molecule has 0 amide bonds. The molecular weight excluding hydrogens is 184 g/mol. The Morgan fingerprint density at radius 3 is 2.40 bits per heavy atom. The zero-order valence-electron chi connectivity index (χ0n) is 9.96. The Balaban J connectivity index is 2.94. The molecule has 0 saturated carbocycles. The molecule has 2 nitrogen and oxygen atoms in total. The summed E-state index contributed by atoms with van der Waals surface area (Å²) in [4.78, 5) is 0. The van der Waals surface area contributed by atoms with Crippen LogP contribution in [0.25, 0.3) is 0 Å². The lowest BCUT2D eigenvalue weighted by atomic mass is 9.89. The number of hydrogen-bond acceptors (Lipinski definition) is 2. The van der Waals surface area contributed by atoms with E-state index in [1.807, 2.05) is 0 Å². The molecule has 84 valence electrons. The van der Waals surface area contributed by atoms with E-state index in [-0.39, 0.29) is 6.04 Å². The largest absolute Gasteiger partial charge is 0.330 e. The molecule has 0 aromatic heterocycles. The van der Waals surface area contributed by atoms with E-state index in [9.17, 15) is 0 Å². The third kappa shape index (κ3) is 2.80. The van der Waals surface area contributed by atoms with Gasteiger partial charge in [0.15, 0.2) is 0 Å². The molecular formula is C13H22N2. The first-order chi connectivity index (χ1) is 7.10. The highest BCUT2D eigenvalue weighted by Crippen LogP contribution is 2.24. The van der Waals surface area contributed by atoms with Crippen LogP contribution in [0.3, 0.4) is 0 Å². The third-order valence-electron chi connectivity index (χ3n) is 3.12. The van der Waals surface area contributed by atoms with Crippen LogP contribution in [0.5, 0.6) is 0 Å². The highest BCUT2D eigenvalue weighted by molar-refractivity contribution is 5.33. The summed E-state index contributed by atoms with van der Waals surface area (Å²) >= 11 is 0. The van der Waals surface area contributed by atoms with Gasteiger partial charge in [0.2, 0.25) is 0 Å². The Labute approximate surface area is 92.7 Å². The van der Waals surface area contributed by atoms with Crippen molar-refractivity contribution in [3.63, 3.8) is 0 Å². The van der Waals surface area contributed by atoms with Crippen molar-refractivity contribution in [1.29, 1.82) is 0 Å². The second-order valence-electron chi connectivity index (χ2n) is 4.29. The Kier molecular flexibility index (Phi) is 4.30. The quantitative estimate of drug-likeness (QED) is 0.794. The van der Waals surface area contributed by atoms with Gasteiger partial charge in [0.05, 0.1) is 0 Å². The molecule has 1 rings (SSSR count). The van der Waals surface area contributed by atoms with Gasteiger partial charge in [-0.05, 0) is 37.4 Å². The van der Waals surface area contributed by atoms with E-state index in [4.69, 9.17) is 11.5 Å². The summed E-state index contributed by atoms with van der Waals surface area (Å²) in [6.45, 7) is 7.01. The van der Waals surface area contributed by atoms with Gasteiger partial charge in [-0.1, -0.05) is 37.1 Å². The van der Waals surface area contributed by atoms with Gasteiger partial charge in [-0.15, -0.1) is 0 Å². The second-order valence-corrected chi connectivity index (χ2v) is 4.29. The standard InChI is InChI=1S/C13H22N2/c1-4-11(8-14)13(15)12-6-5-9(2)7-10(12)3/h5-7,11,13H,4,8,14-15H2,1-3H3. The molecule has 0 radical (unpaired) electrons. The van der Waals surface area contributed by atoms with Crippen LogP contribution in [0, 0.1) is 19.8 Å². The number of aryl methyl sites for hydroxylation is 2. The van der Waals surface area contributed by atoms with Crippen LogP contribution in [0.15, 0.2) is 18.2 Å². The van der Waals surface area contributed by atoms with E-state index in [0.29, 0.717) is 12.5 Å². The molecule has 2 heteroatoms. The summed E-state index contributed by atoms with van der Waals surface area (Å²) in [7, 11) is 0. The molecule has 15 heavy (non-hydrogen) atoms. The van der Waals surface area contributed by atoms with E-state index in [2.05, 4.69) is 39.0 Å². The summed E-state index contributed by atoms with van der Waals surface area (Å²) in [5, 5.41) is 0. The Hall–Kier alpha value is -0.860. The predicted octanol–water partition coefficient (Wildman–Crippen LogP) is 2.29. The molecule has 0 bridgehead atoms. The van der Waals surface area contributed by atoms with Gasteiger partial charge in [-0.25, -0.2) is 0 Å². The summed E-state index contributed by atoms with van der Waals surface area (Å²) in [5.74, 6) is 0.381. The van der Waals surface area contributed by atoms with Crippen LogP contribution in [0.4, 0.5) is 0 Å². The SMILES string of the molecule is CCC(CN)C(N)c1ccc(C)cc1C. The molecule has 2 unspecified atom stereocenters. The minimum absolute atomic E-state index is 0.0700. The lowest BCUT2D eigenvalue weighted by Gasteiger charge is -2.23. The molecule has 0 aliphatic carbocycles. The van der Waals surface area contributed by atoms with Crippen molar-refractivity contribution in [2.75, 3.05) is 6.54 Å². The molecule has 0 fully saturated rings. The fraction of sp³-hybridized carbons (Fsp3) is 0.538. The minimum atomic E-state index is 0.0700. The van der Waals surface area contributed by atoms with Crippen LogP contribution in [0.1, 0.15) is 36.1 Å². The molecule has 0 aliphatic rings. The average Bonchev–Trinajstić information content (AvgIpc) is 2.19. The zero-order chi connectivity index (χ0) is 11.4. The van der Waals surface area contributed by atoms with E-state index < -0.39 is 0 Å². The van der Waals surface area contributed by atoms with Crippen LogP contribution in [-0.4, -0.2) is 6.54 Å². The summed E-state index contributed by atoms with van der Waals surface area (Å²) in [5.41, 5.74) is 15.7. The van der Waals surface area contributed by atoms with Crippen molar-refractivity contribution in [3.8, 4) is 0 Å². The lowest BCUT2D eigenvalue weighted by Crippen LogP contribution is -2.28. The first kappa shape index (κ1) is 12.2. The summed E-state index contributed by atoms with van der Waals surface area (Å²) in [6, 6.07) is 6.50. The minimum Gasteiger partial charge on any atom is -0.330 e. The van der Waals surface area contributed by atoms with Crippen LogP contribution < -0.4 is 11.5 Å². The second kappa shape index (κ2) is 5.29. The van der Waals surface area contributed by atoms with Gasteiger partial charge in [0.1, 0.15) is 0 Å². The smallest absolute Gasteiger partial charge is 0.0338 e. The normalized spacial score (nSPS) is 15.0. The Bertz CT molecular complexity index is 316. The lowest BCUT2D eigenvalue weighted by molar-refractivity contribution is 0.427. The van der Waals surface area contributed by atoms with Gasteiger partial charge < -0.3 is 11.5 Å². The highest BCUT2D eigenvalue weighted by Gasteiger charge is 2.17. The number of hydrogen-bond donors (Lipinski definition) is 2. The third-order valence-corrected chi connectivity index (χ3v) is 3.12. The number of nitrogens with two attached hydrogens (primary N) is 2. The van der Waals surface area contributed by atoms with Gasteiger partial charge in [-0.3, -0.25) is 0 Å². The van der Waals surface area contributed by atoms with E-state index in [0.717, 1.165) is 6.42 Å². The maximum atomic E-state index is 6.23. The fourth-order valence-corrected chi connectivity index (χ4v) is 2.02. The molecule has 0 saturated heterocycles. The monoisotopic (exact) mass is 206 g/mol. The molecule has 2 atom stereocenters. The van der Waals surface area contributed by atoms with Crippen LogP contribution in [-0.2, 0) is 0 Å². The van der Waals surface area contributed by atoms with Gasteiger partial charge in [0.25, 0.3) is 0 Å². The van der Waals surface area contributed by atoms with Crippen LogP contribution >= 0.6 is 0 Å². The van der Waals surface area contributed by atoms with Gasteiger partial charge >= 0.3 is 0 Å². The number of rotatable bonds is 4. The van der Waals surface area contributed by atoms with E-state index >= 15 is 0 Å². The zero-order valence-corrected chi connectivity index (χ0v) is 9.96. The van der Waals surface area contributed by atoms with Crippen molar-refractivity contribution in [3.05, 3.63) is 34.9 Å². The van der Waals surface area contributed by atoms with Gasteiger partial charge in [-0.2, -0.15) is 0 Å². The predicted molar refractivity (Wildman–Crippen MR) is 65.7 cm³/mol. The van der Waals surface area contributed by atoms with Gasteiger partial charge in [0, 0.05) is 6.04 Å². The van der Waals surface area contributed by atoms with Crippen LogP contribution in [0.2, 0.25) is 0 Å². The first-order valence-electron chi connectivity index (χ1n) is 5.63. The topological polar surface area (TPSA) is 52.0 Å². The Morgan fingerprint density at radius 1 is 1.27 bits per heavy atom. The molecule has 0 aliphatic heterocycles. The molecule has 1 aromatic rings.